The minimum absolute atomic E-state index is 0.0254. The predicted octanol–water partition coefficient (Wildman–Crippen LogP) is 6.06. The van der Waals surface area contributed by atoms with Crippen molar-refractivity contribution in [3.05, 3.63) is 98.5 Å². The number of nitrogens with one attached hydrogen (secondary N) is 1. The number of halogens is 3. The van der Waals surface area contributed by atoms with Gasteiger partial charge in [0, 0.05) is 0 Å². The summed E-state index contributed by atoms with van der Waals surface area (Å²) in [5.74, 6) is -0.657. The van der Waals surface area contributed by atoms with Gasteiger partial charge in [-0.3, -0.25) is 19.8 Å². The molecule has 1 N–H and O–H groups in total. The number of amides is 2. The lowest BCUT2D eigenvalue weighted by atomic mass is 10.1. The molecule has 0 radical (unpaired) electrons. The highest BCUT2D eigenvalue weighted by atomic mass is 35.5. The largest absolute Gasteiger partial charge is 0.487 e. The molecule has 0 unspecified atom stereocenters. The van der Waals surface area contributed by atoms with E-state index in [1.807, 2.05) is 6.07 Å². The van der Waals surface area contributed by atoms with Crippen molar-refractivity contribution < 1.29 is 14.3 Å². The van der Waals surface area contributed by atoms with Gasteiger partial charge in [-0.2, -0.15) is 0 Å². The Kier molecular flexibility index (Phi) is 7.00. The number of rotatable bonds is 5. The van der Waals surface area contributed by atoms with Crippen LogP contribution in [0, 0.1) is 0 Å². The quantitative estimate of drug-likeness (QED) is 0.254. The molecule has 0 atom stereocenters. The third kappa shape index (κ3) is 5.20. The Balaban J connectivity index is 1.54. The fourth-order valence-electron chi connectivity index (χ4n) is 3.15. The van der Waals surface area contributed by atoms with Gasteiger partial charge in [-0.25, -0.2) is 0 Å². The normalized spacial score (nSPS) is 15.1. The van der Waals surface area contributed by atoms with E-state index in [0.29, 0.717) is 32.1 Å². The first-order valence-electron chi connectivity index (χ1n) is 9.66. The van der Waals surface area contributed by atoms with Gasteiger partial charge in [0.05, 0.1) is 20.8 Å². The summed E-state index contributed by atoms with van der Waals surface area (Å²) in [4.78, 5) is 26.8. The van der Waals surface area contributed by atoms with Crippen LogP contribution in [0.4, 0.5) is 5.69 Å². The molecule has 1 aliphatic rings. The van der Waals surface area contributed by atoms with Gasteiger partial charge in [-0.05, 0) is 65.8 Å². The van der Waals surface area contributed by atoms with Crippen LogP contribution >= 0.6 is 47.0 Å². The molecule has 2 amide bonds. The van der Waals surface area contributed by atoms with Gasteiger partial charge in [-0.15, -0.1) is 0 Å². The minimum atomic E-state index is -0.576. The highest BCUT2D eigenvalue weighted by Crippen LogP contribution is 2.29. The molecule has 0 spiro atoms. The van der Waals surface area contributed by atoms with E-state index in [-0.39, 0.29) is 17.3 Å². The van der Waals surface area contributed by atoms with E-state index in [9.17, 15) is 9.59 Å². The van der Waals surface area contributed by atoms with Crippen molar-refractivity contribution in [1.29, 1.82) is 0 Å². The Bertz CT molecular complexity index is 1300. The number of ether oxygens (including phenoxy) is 1. The first-order valence-corrected chi connectivity index (χ1v) is 11.2. The maximum Gasteiger partial charge on any atom is 0.270 e. The second-order valence-corrected chi connectivity index (χ2v) is 8.63. The van der Waals surface area contributed by atoms with E-state index >= 15 is 0 Å². The number of benzene rings is 3. The van der Waals surface area contributed by atoms with Crippen molar-refractivity contribution in [3.63, 3.8) is 0 Å². The summed E-state index contributed by atoms with van der Waals surface area (Å²) in [5.41, 5.74) is 1.88. The molecule has 0 aliphatic carbocycles. The summed E-state index contributed by atoms with van der Waals surface area (Å²) in [6, 6.07) is 19.0. The molecular formula is C24H15Cl3N2O3S. The third-order valence-electron chi connectivity index (χ3n) is 4.76. The molecule has 4 rings (SSSR count). The molecule has 3 aromatic carbocycles. The SMILES string of the molecule is O=C1NC(=S)N(c2ccccc2)C(=O)/C1=C\c1ccc(OCc2ccc(Cl)c(Cl)c2)c(Cl)c1. The first-order chi connectivity index (χ1) is 15.8. The van der Waals surface area contributed by atoms with Crippen molar-refractivity contribution in [3.8, 4) is 5.75 Å². The van der Waals surface area contributed by atoms with Gasteiger partial charge in [0.1, 0.15) is 17.9 Å². The number of nitrogens with zero attached hydrogens (tertiary/aromatic N) is 1. The second-order valence-electron chi connectivity index (χ2n) is 7.02. The topological polar surface area (TPSA) is 58.6 Å². The number of carbonyl (C=O) groups excluding carboxylic acids is 2. The summed E-state index contributed by atoms with van der Waals surface area (Å²) in [5, 5.41) is 3.80. The average molecular weight is 518 g/mol. The van der Waals surface area contributed by atoms with E-state index in [2.05, 4.69) is 5.32 Å². The van der Waals surface area contributed by atoms with Crippen LogP contribution in [0.25, 0.3) is 6.08 Å². The number of hydrogen-bond donors (Lipinski definition) is 1. The third-order valence-corrected chi connectivity index (χ3v) is 6.08. The summed E-state index contributed by atoms with van der Waals surface area (Å²) < 4.78 is 5.77. The Hall–Kier alpha value is -2.90. The van der Waals surface area contributed by atoms with E-state index in [0.717, 1.165) is 5.56 Å². The Morgan fingerprint density at radius 1 is 0.909 bits per heavy atom. The van der Waals surface area contributed by atoms with E-state index < -0.39 is 11.8 Å². The van der Waals surface area contributed by atoms with Crippen LogP contribution in [-0.4, -0.2) is 16.9 Å². The van der Waals surface area contributed by atoms with Crippen LogP contribution in [0.5, 0.6) is 5.75 Å². The summed E-state index contributed by atoms with van der Waals surface area (Å²) >= 11 is 23.5. The van der Waals surface area contributed by atoms with Gasteiger partial charge in [0.25, 0.3) is 11.8 Å². The highest BCUT2D eigenvalue weighted by Gasteiger charge is 2.34. The number of carbonyl (C=O) groups is 2. The number of thiocarbonyl (C=S) groups is 1. The molecule has 166 valence electrons. The lowest BCUT2D eigenvalue weighted by Crippen LogP contribution is -2.54. The molecule has 33 heavy (non-hydrogen) atoms. The summed E-state index contributed by atoms with van der Waals surface area (Å²) in [7, 11) is 0. The Morgan fingerprint density at radius 2 is 1.67 bits per heavy atom. The maximum absolute atomic E-state index is 13.0. The lowest BCUT2D eigenvalue weighted by molar-refractivity contribution is -0.122. The van der Waals surface area contributed by atoms with E-state index in [4.69, 9.17) is 51.8 Å². The van der Waals surface area contributed by atoms with Crippen molar-refractivity contribution in [1.82, 2.24) is 5.32 Å². The maximum atomic E-state index is 13.0. The van der Waals surface area contributed by atoms with Gasteiger partial charge >= 0.3 is 0 Å². The summed E-state index contributed by atoms with van der Waals surface area (Å²) in [6.45, 7) is 0.238. The second kappa shape index (κ2) is 9.93. The molecule has 9 heteroatoms. The number of hydrogen-bond acceptors (Lipinski definition) is 4. The Labute approximate surface area is 210 Å². The van der Waals surface area contributed by atoms with Gasteiger partial charge in [0.15, 0.2) is 5.11 Å². The monoisotopic (exact) mass is 516 g/mol. The molecule has 1 fully saturated rings. The fraction of sp³-hybridized carbons (Fsp3) is 0.0417. The van der Waals surface area contributed by atoms with E-state index in [1.54, 1.807) is 60.7 Å². The van der Waals surface area contributed by atoms with Gasteiger partial charge in [0.2, 0.25) is 0 Å². The van der Waals surface area contributed by atoms with Crippen LogP contribution in [0.3, 0.4) is 0 Å². The highest BCUT2D eigenvalue weighted by molar-refractivity contribution is 7.80. The molecule has 1 heterocycles. The minimum Gasteiger partial charge on any atom is -0.487 e. The van der Waals surface area contributed by atoms with E-state index in [1.165, 1.54) is 11.0 Å². The molecule has 1 aliphatic heterocycles. The van der Waals surface area contributed by atoms with Crippen LogP contribution in [-0.2, 0) is 16.2 Å². The molecular weight excluding hydrogens is 503 g/mol. The zero-order valence-electron chi connectivity index (χ0n) is 16.8. The van der Waals surface area contributed by atoms with Crippen molar-refractivity contribution >= 4 is 75.7 Å². The molecule has 3 aromatic rings. The molecule has 5 nitrogen and oxygen atoms in total. The standard InChI is InChI=1S/C24H15Cl3N2O3S/c25-18-8-6-15(12-19(18)26)13-32-21-9-7-14(11-20(21)27)10-17-22(30)28-24(33)29(23(17)31)16-4-2-1-3-5-16/h1-12H,13H2,(H,28,30,33)/b17-10-. The lowest BCUT2D eigenvalue weighted by Gasteiger charge is -2.28. The van der Waals surface area contributed by atoms with Crippen LogP contribution in [0.2, 0.25) is 15.1 Å². The molecule has 0 bridgehead atoms. The van der Waals surface area contributed by atoms with Crippen molar-refractivity contribution in [2.45, 2.75) is 6.61 Å². The molecule has 0 aromatic heterocycles. The Morgan fingerprint density at radius 3 is 2.36 bits per heavy atom. The van der Waals surface area contributed by atoms with Gasteiger partial charge in [-0.1, -0.05) is 65.1 Å². The van der Waals surface area contributed by atoms with Crippen LogP contribution < -0.4 is 15.0 Å². The van der Waals surface area contributed by atoms with Crippen molar-refractivity contribution in [2.75, 3.05) is 4.90 Å². The number of anilines is 1. The zero-order chi connectivity index (χ0) is 23.5. The number of para-hydroxylation sites is 1. The zero-order valence-corrected chi connectivity index (χ0v) is 19.9. The van der Waals surface area contributed by atoms with Crippen LogP contribution in [0.1, 0.15) is 11.1 Å². The summed E-state index contributed by atoms with van der Waals surface area (Å²) in [6.07, 6.45) is 1.46. The fourth-order valence-corrected chi connectivity index (χ4v) is 4.00. The first kappa shape index (κ1) is 23.3. The van der Waals surface area contributed by atoms with Crippen LogP contribution in [0.15, 0.2) is 72.3 Å². The van der Waals surface area contributed by atoms with Crippen molar-refractivity contribution in [2.24, 2.45) is 0 Å². The molecule has 1 saturated heterocycles. The van der Waals surface area contributed by atoms with Gasteiger partial charge < -0.3 is 4.74 Å². The molecule has 0 saturated carbocycles. The average Bonchev–Trinajstić information content (AvgIpc) is 2.79. The predicted molar refractivity (Wildman–Crippen MR) is 135 cm³/mol. The smallest absolute Gasteiger partial charge is 0.270 e.